The maximum atomic E-state index is 12.4. The molecule has 8 nitrogen and oxygen atoms in total. The Hall–Kier alpha value is -3.94. The van der Waals surface area contributed by atoms with Gasteiger partial charge >= 0.3 is 0 Å². The van der Waals surface area contributed by atoms with Gasteiger partial charge in [0.05, 0.1) is 0 Å². The number of Topliss-reactive ketones (excluding diaryl/α,β-unsaturated/α-hetero) is 4. The van der Waals surface area contributed by atoms with E-state index in [2.05, 4.69) is 16.0 Å². The molecule has 2 unspecified atom stereocenters. The Morgan fingerprint density at radius 2 is 0.618 bits per heavy atom. The topological polar surface area (TPSA) is 130 Å². The molecule has 4 fully saturated rings. The van der Waals surface area contributed by atoms with Crippen molar-refractivity contribution in [1.29, 1.82) is 0 Å². The van der Waals surface area contributed by atoms with E-state index in [-0.39, 0.29) is 80.0 Å². The third-order valence-electron chi connectivity index (χ3n) is 13.4. The number of nitrogens with two attached hydrogens (primary N) is 1. The Labute approximate surface area is 420 Å². The van der Waals surface area contributed by atoms with Gasteiger partial charge in [-0.3, -0.25) is 35.1 Å². The molecule has 4 aliphatic carbocycles. The number of alkyl halides is 3. The zero-order valence-corrected chi connectivity index (χ0v) is 41.6. The molecule has 14 heteroatoms. The fourth-order valence-electron chi connectivity index (χ4n) is 9.91. The van der Waals surface area contributed by atoms with Gasteiger partial charge in [-0.1, -0.05) is 147 Å². The van der Waals surface area contributed by atoms with Gasteiger partial charge in [0.25, 0.3) is 0 Å². The van der Waals surface area contributed by atoms with E-state index < -0.39 is 42.2 Å². The predicted octanol–water partition coefficient (Wildman–Crippen LogP) is 11.0. The summed E-state index contributed by atoms with van der Waals surface area (Å²) in [7, 11) is 0. The van der Waals surface area contributed by atoms with Crippen molar-refractivity contribution in [1.82, 2.24) is 16.0 Å². The van der Waals surface area contributed by atoms with E-state index in [0.717, 1.165) is 99.3 Å². The maximum Gasteiger partial charge on any atom is 0.157 e. The van der Waals surface area contributed by atoms with Gasteiger partial charge in [0.2, 0.25) is 0 Å². The van der Waals surface area contributed by atoms with Crippen molar-refractivity contribution in [2.75, 3.05) is 39.7 Å². The van der Waals surface area contributed by atoms with Crippen molar-refractivity contribution < 1.29 is 32.3 Å². The number of rotatable bonds is 13. The summed E-state index contributed by atoms with van der Waals surface area (Å²) in [5, 5.41) is 9.38. The van der Waals surface area contributed by atoms with E-state index in [1.807, 2.05) is 121 Å². The summed E-state index contributed by atoms with van der Waals surface area (Å²) in [5.41, 5.74) is 7.40. The molecule has 4 aliphatic rings. The van der Waals surface area contributed by atoms with Crippen LogP contribution < -0.4 is 21.7 Å². The minimum Gasteiger partial charge on any atom is -0.315 e. The summed E-state index contributed by atoms with van der Waals surface area (Å²) in [6.07, 6.45) is 13.4. The summed E-state index contributed by atoms with van der Waals surface area (Å²) in [4.78, 5) is 48.5. The number of hydrogen-bond acceptors (Lipinski definition) is 8. The fraction of sp³-hybridized carbons (Fsp3) is 0.481. The van der Waals surface area contributed by atoms with E-state index in [1.165, 1.54) is 0 Å². The van der Waals surface area contributed by atoms with Crippen LogP contribution >= 0.6 is 37.2 Å². The number of nitrogens with one attached hydrogen (secondary N) is 3. The summed E-state index contributed by atoms with van der Waals surface area (Å²) >= 11 is 0. The Morgan fingerprint density at radius 1 is 0.368 bits per heavy atom. The number of benzene rings is 4. The smallest absolute Gasteiger partial charge is 0.157 e. The number of ketones is 4. The lowest BCUT2D eigenvalue weighted by atomic mass is 9.75. The lowest BCUT2D eigenvalue weighted by molar-refractivity contribution is -0.128. The second-order valence-corrected chi connectivity index (χ2v) is 17.5. The van der Waals surface area contributed by atoms with Crippen LogP contribution in [0.4, 0.5) is 13.2 Å². The molecular weight excluding hydrogens is 932 g/mol. The molecule has 0 spiro atoms. The first-order chi connectivity index (χ1) is 31.6. The van der Waals surface area contributed by atoms with Crippen molar-refractivity contribution in [3.63, 3.8) is 0 Å². The van der Waals surface area contributed by atoms with Crippen molar-refractivity contribution >= 4 is 60.4 Å². The van der Waals surface area contributed by atoms with E-state index in [9.17, 15) is 32.3 Å². The largest absolute Gasteiger partial charge is 0.315 e. The SMILES string of the molecule is Cl.Cl.Cl.NC1(c2ccccc2)CCCCC1=O.O=C1CCCCC1(NCCF)c1ccccc1.O=C1CCCC[C@@]1(NCCF)c1ccccc1.O=C1CCCC[C@]1(NCCF)c1ccccc1. The molecular formula is C54H72Cl3F3N4O4. The van der Waals surface area contributed by atoms with Gasteiger partial charge in [-0.15, -0.1) is 37.2 Å². The first-order valence-electron chi connectivity index (χ1n) is 23.7. The Kier molecular flexibility index (Phi) is 27.1. The minimum absolute atomic E-state index is 0. The number of halogens is 6. The van der Waals surface area contributed by atoms with Crippen molar-refractivity contribution in [2.24, 2.45) is 5.73 Å². The van der Waals surface area contributed by atoms with Crippen LogP contribution in [0.15, 0.2) is 121 Å². The first-order valence-corrected chi connectivity index (χ1v) is 23.7. The molecule has 5 N–H and O–H groups in total. The molecule has 0 bridgehead atoms. The molecule has 0 radical (unpaired) electrons. The average molecular weight is 1000 g/mol. The monoisotopic (exact) mass is 1000 g/mol. The van der Waals surface area contributed by atoms with Crippen LogP contribution in [0.3, 0.4) is 0 Å². The Bertz CT molecular complexity index is 1900. The molecule has 8 rings (SSSR count). The third kappa shape index (κ3) is 15.3. The molecule has 4 aromatic rings. The zero-order chi connectivity index (χ0) is 46.4. The van der Waals surface area contributed by atoms with Crippen molar-refractivity contribution in [3.05, 3.63) is 144 Å². The number of carbonyl (C=O) groups is 4. The van der Waals surface area contributed by atoms with Gasteiger partial charge in [0, 0.05) is 45.3 Å². The Morgan fingerprint density at radius 3 is 0.868 bits per heavy atom. The van der Waals surface area contributed by atoms with Gasteiger partial charge in [-0.2, -0.15) is 0 Å². The average Bonchev–Trinajstić information content (AvgIpc) is 3.36. The molecule has 0 amide bonds. The van der Waals surface area contributed by atoms with Gasteiger partial charge in [0.1, 0.15) is 42.2 Å². The summed E-state index contributed by atoms with van der Waals surface area (Å²) in [6, 6.07) is 38.8. The van der Waals surface area contributed by atoms with Gasteiger partial charge in [-0.05, 0) is 73.6 Å². The van der Waals surface area contributed by atoms with Crippen LogP contribution in [-0.2, 0) is 41.3 Å². The highest BCUT2D eigenvalue weighted by Gasteiger charge is 2.43. The highest BCUT2D eigenvalue weighted by Crippen LogP contribution is 2.37. The highest BCUT2D eigenvalue weighted by molar-refractivity contribution is 5.92. The molecule has 68 heavy (non-hydrogen) atoms. The summed E-state index contributed by atoms with van der Waals surface area (Å²) < 4.78 is 37.2. The summed E-state index contributed by atoms with van der Waals surface area (Å²) in [5.74, 6) is 0.783. The first kappa shape index (κ1) is 60.2. The molecule has 0 heterocycles. The van der Waals surface area contributed by atoms with Gasteiger partial charge in [-0.25, -0.2) is 13.2 Å². The second kappa shape index (κ2) is 30.6. The molecule has 4 atom stereocenters. The van der Waals surface area contributed by atoms with E-state index in [4.69, 9.17) is 5.73 Å². The lowest BCUT2D eigenvalue weighted by Crippen LogP contribution is -2.51. The fourth-order valence-corrected chi connectivity index (χ4v) is 9.91. The molecule has 4 aromatic carbocycles. The van der Waals surface area contributed by atoms with Gasteiger partial charge < -0.3 is 5.73 Å². The molecule has 0 aromatic heterocycles. The standard InChI is InChI=1S/3C14H18FNO.C12H15NO.3ClH/c3*15-10-11-16-14(9-5-4-8-13(14)17)12-6-2-1-3-7-12;13-12(9-5-4-8-11(12)14)10-6-2-1-3-7-10;;;/h3*1-3,6-7,16H,4-5,8-11H2;1-3,6-7H,4-5,8-9,13H2;3*1H/t2*14-;;;;;/m10...../s1. The van der Waals surface area contributed by atoms with Crippen LogP contribution in [0, 0.1) is 0 Å². The van der Waals surface area contributed by atoms with E-state index >= 15 is 0 Å². The zero-order valence-electron chi connectivity index (χ0n) is 39.2. The van der Waals surface area contributed by atoms with Crippen molar-refractivity contribution in [2.45, 2.75) is 125 Å². The van der Waals surface area contributed by atoms with Crippen molar-refractivity contribution in [3.8, 4) is 0 Å². The van der Waals surface area contributed by atoms with Crippen LogP contribution in [-0.4, -0.2) is 62.8 Å². The van der Waals surface area contributed by atoms with Crippen LogP contribution in [0.25, 0.3) is 0 Å². The number of carbonyl (C=O) groups excluding carboxylic acids is 4. The maximum absolute atomic E-state index is 12.4. The van der Waals surface area contributed by atoms with Crippen LogP contribution in [0.1, 0.15) is 125 Å². The van der Waals surface area contributed by atoms with Gasteiger partial charge in [0.15, 0.2) is 23.1 Å². The summed E-state index contributed by atoms with van der Waals surface area (Å²) in [6.45, 7) is -0.618. The van der Waals surface area contributed by atoms with Crippen LogP contribution in [0.5, 0.6) is 0 Å². The normalized spacial score (nSPS) is 24.4. The molecule has 4 saturated carbocycles. The molecule has 0 saturated heterocycles. The molecule has 0 aliphatic heterocycles. The third-order valence-corrected chi connectivity index (χ3v) is 13.4. The predicted molar refractivity (Wildman–Crippen MR) is 274 cm³/mol. The Balaban J connectivity index is 0.000000307. The second-order valence-electron chi connectivity index (χ2n) is 17.5. The number of hydrogen-bond donors (Lipinski definition) is 4. The van der Waals surface area contributed by atoms with E-state index in [0.29, 0.717) is 25.7 Å². The van der Waals surface area contributed by atoms with Crippen LogP contribution in [0.2, 0.25) is 0 Å². The van der Waals surface area contributed by atoms with E-state index in [1.54, 1.807) is 0 Å². The minimum atomic E-state index is -0.709. The highest BCUT2D eigenvalue weighted by atomic mass is 35.5. The lowest BCUT2D eigenvalue weighted by Gasteiger charge is -2.37. The quantitative estimate of drug-likeness (QED) is 0.104. The molecule has 374 valence electrons.